The third kappa shape index (κ3) is 11.0. The fraction of sp³-hybridized carbons (Fsp3) is 0.700. The number of carbonyl (C=O) groups excluding carboxylic acids is 4. The summed E-state index contributed by atoms with van der Waals surface area (Å²) in [5.74, 6) is -6.46. The van der Waals surface area contributed by atoms with E-state index in [1.54, 1.807) is 6.92 Å². The molecular weight excluding hydrogens is 454 g/mol. The van der Waals surface area contributed by atoms with E-state index in [9.17, 15) is 33.9 Å². The second-order valence-corrected chi connectivity index (χ2v) is 8.04. The quantitative estimate of drug-likeness (QED) is 0.112. The molecule has 0 radical (unpaired) electrons. The number of carboxylic acids is 2. The summed E-state index contributed by atoms with van der Waals surface area (Å²) >= 11 is 0. The molecule has 0 aliphatic carbocycles. The number of carbonyl (C=O) groups is 6. The maximum absolute atomic E-state index is 12.8. The van der Waals surface area contributed by atoms with Crippen LogP contribution >= 0.6 is 0 Å². The van der Waals surface area contributed by atoms with Gasteiger partial charge in [-0.25, -0.2) is 4.79 Å². The number of aliphatic hydroxyl groups is 1. The number of nitrogens with two attached hydrogens (primary N) is 2. The summed E-state index contributed by atoms with van der Waals surface area (Å²) in [5, 5.41) is 34.4. The minimum absolute atomic E-state index is 0.231. The number of carboxylic acid groups (broad SMARTS) is 2. The van der Waals surface area contributed by atoms with Gasteiger partial charge in [0.15, 0.2) is 6.04 Å². The lowest BCUT2D eigenvalue weighted by atomic mass is 9.98. The van der Waals surface area contributed by atoms with E-state index in [4.69, 9.17) is 21.7 Å². The lowest BCUT2D eigenvalue weighted by molar-refractivity contribution is -0.145. The van der Waals surface area contributed by atoms with Gasteiger partial charge < -0.3 is 42.7 Å². The van der Waals surface area contributed by atoms with Crippen LogP contribution in [0.2, 0.25) is 0 Å². The van der Waals surface area contributed by atoms with Crippen LogP contribution in [0.5, 0.6) is 0 Å². The monoisotopic (exact) mass is 489 g/mol. The van der Waals surface area contributed by atoms with Gasteiger partial charge in [-0.05, 0) is 25.7 Å². The molecule has 0 aliphatic rings. The third-order valence-electron chi connectivity index (χ3n) is 5.20. The summed E-state index contributed by atoms with van der Waals surface area (Å²) in [4.78, 5) is 71.3. The molecule has 6 unspecified atom stereocenters. The summed E-state index contributed by atoms with van der Waals surface area (Å²) < 4.78 is 0. The zero-order valence-corrected chi connectivity index (χ0v) is 19.4. The normalized spacial score (nSPS) is 16.1. The van der Waals surface area contributed by atoms with Crippen molar-refractivity contribution in [1.29, 1.82) is 0 Å². The molecule has 6 atom stereocenters. The van der Waals surface area contributed by atoms with Crippen LogP contribution in [-0.2, 0) is 28.8 Å². The Morgan fingerprint density at radius 1 is 0.824 bits per heavy atom. The maximum atomic E-state index is 12.8. The summed E-state index contributed by atoms with van der Waals surface area (Å²) in [7, 11) is 0. The van der Waals surface area contributed by atoms with Crippen molar-refractivity contribution in [3.05, 3.63) is 0 Å². The van der Waals surface area contributed by atoms with Crippen molar-refractivity contribution in [2.75, 3.05) is 0 Å². The number of primary amides is 1. The Bertz CT molecular complexity index is 759. The first kappa shape index (κ1) is 30.7. The Labute approximate surface area is 196 Å². The highest BCUT2D eigenvalue weighted by Gasteiger charge is 2.32. The number of rotatable bonds is 16. The Morgan fingerprint density at radius 3 is 1.71 bits per heavy atom. The zero-order chi connectivity index (χ0) is 26.6. The number of aliphatic carboxylic acids is 2. The summed E-state index contributed by atoms with van der Waals surface area (Å²) in [6, 6.07) is -5.51. The molecule has 0 rings (SSSR count). The number of hydrogen-bond acceptors (Lipinski definition) is 8. The van der Waals surface area contributed by atoms with Crippen molar-refractivity contribution in [3.8, 4) is 0 Å². The van der Waals surface area contributed by atoms with Crippen LogP contribution in [0.25, 0.3) is 0 Å². The molecule has 0 bridgehead atoms. The Morgan fingerprint density at radius 2 is 1.29 bits per heavy atom. The first-order valence-corrected chi connectivity index (χ1v) is 10.8. The van der Waals surface area contributed by atoms with Gasteiger partial charge in [0.1, 0.15) is 12.1 Å². The van der Waals surface area contributed by atoms with Crippen molar-refractivity contribution in [2.45, 2.75) is 83.1 Å². The average Bonchev–Trinajstić information content (AvgIpc) is 2.75. The van der Waals surface area contributed by atoms with E-state index in [0.29, 0.717) is 6.42 Å². The molecule has 0 aromatic carbocycles. The highest BCUT2D eigenvalue weighted by atomic mass is 16.4. The van der Waals surface area contributed by atoms with Gasteiger partial charge in [-0.3, -0.25) is 24.0 Å². The van der Waals surface area contributed by atoms with Crippen LogP contribution in [-0.4, -0.2) is 81.2 Å². The van der Waals surface area contributed by atoms with Crippen LogP contribution in [0.4, 0.5) is 0 Å². The zero-order valence-electron chi connectivity index (χ0n) is 19.4. The molecule has 0 heterocycles. The van der Waals surface area contributed by atoms with Gasteiger partial charge in [0.05, 0.1) is 12.1 Å². The van der Waals surface area contributed by atoms with Gasteiger partial charge in [0.25, 0.3) is 0 Å². The smallest absolute Gasteiger partial charge is 0.328 e. The Kier molecular flexibility index (Phi) is 13.4. The minimum Gasteiger partial charge on any atom is -0.481 e. The molecule has 0 saturated carbocycles. The summed E-state index contributed by atoms with van der Waals surface area (Å²) in [6.45, 7) is 4.67. The molecule has 0 aromatic heterocycles. The first-order valence-electron chi connectivity index (χ1n) is 10.8. The SMILES string of the molecule is CCC(C)C(N)C(=O)NC(CCC(=O)O)C(=O)NC(CCC(N)=O)C(=O)NC(C(=O)O)C(C)O. The topological polar surface area (TPSA) is 251 Å². The molecule has 14 nitrogen and oxygen atoms in total. The van der Waals surface area contributed by atoms with Crippen molar-refractivity contribution >= 4 is 35.6 Å². The highest BCUT2D eigenvalue weighted by Crippen LogP contribution is 2.08. The van der Waals surface area contributed by atoms with Gasteiger partial charge in [0.2, 0.25) is 23.6 Å². The van der Waals surface area contributed by atoms with E-state index in [1.807, 2.05) is 6.92 Å². The molecule has 194 valence electrons. The average molecular weight is 490 g/mol. The van der Waals surface area contributed by atoms with Crippen molar-refractivity contribution in [2.24, 2.45) is 17.4 Å². The fourth-order valence-corrected chi connectivity index (χ4v) is 2.79. The van der Waals surface area contributed by atoms with Gasteiger partial charge in [0, 0.05) is 12.8 Å². The maximum Gasteiger partial charge on any atom is 0.328 e. The fourth-order valence-electron chi connectivity index (χ4n) is 2.79. The predicted molar refractivity (Wildman–Crippen MR) is 118 cm³/mol. The number of amides is 4. The second-order valence-electron chi connectivity index (χ2n) is 8.04. The molecule has 0 saturated heterocycles. The molecule has 4 amide bonds. The molecular formula is C20H35N5O9. The molecule has 0 aromatic rings. The Balaban J connectivity index is 5.66. The molecule has 0 spiro atoms. The lowest BCUT2D eigenvalue weighted by Crippen LogP contribution is -2.58. The third-order valence-corrected chi connectivity index (χ3v) is 5.20. The highest BCUT2D eigenvalue weighted by molar-refractivity contribution is 5.94. The van der Waals surface area contributed by atoms with E-state index in [0.717, 1.165) is 6.92 Å². The Hall–Kier alpha value is -3.26. The van der Waals surface area contributed by atoms with E-state index in [1.165, 1.54) is 0 Å². The van der Waals surface area contributed by atoms with Crippen LogP contribution in [0.15, 0.2) is 0 Å². The van der Waals surface area contributed by atoms with Crippen molar-refractivity contribution in [3.63, 3.8) is 0 Å². The van der Waals surface area contributed by atoms with Crippen LogP contribution in [0, 0.1) is 5.92 Å². The molecule has 0 fully saturated rings. The van der Waals surface area contributed by atoms with Crippen molar-refractivity contribution < 1.29 is 44.1 Å². The van der Waals surface area contributed by atoms with Crippen LogP contribution < -0.4 is 27.4 Å². The van der Waals surface area contributed by atoms with E-state index < -0.39 is 72.3 Å². The predicted octanol–water partition coefficient (Wildman–Crippen LogP) is -2.59. The van der Waals surface area contributed by atoms with E-state index >= 15 is 0 Å². The standard InChI is InChI=1S/C20H35N5O9/c1-4-9(2)15(22)19(32)24-12(6-8-14(28)29)17(30)23-11(5-7-13(21)27)18(31)25-16(10(3)26)20(33)34/h9-12,15-16,26H,4-8,22H2,1-3H3,(H2,21,27)(H,23,30)(H,24,32)(H,25,31)(H,28,29)(H,33,34). The molecule has 14 heteroatoms. The van der Waals surface area contributed by atoms with Gasteiger partial charge in [-0.2, -0.15) is 0 Å². The summed E-state index contributed by atoms with van der Waals surface area (Å²) in [6.07, 6.45) is -2.38. The van der Waals surface area contributed by atoms with Gasteiger partial charge in [-0.15, -0.1) is 0 Å². The number of nitrogens with one attached hydrogen (secondary N) is 3. The van der Waals surface area contributed by atoms with E-state index in [2.05, 4.69) is 16.0 Å². The van der Waals surface area contributed by atoms with Gasteiger partial charge >= 0.3 is 11.9 Å². The van der Waals surface area contributed by atoms with Crippen LogP contribution in [0.3, 0.4) is 0 Å². The second kappa shape index (κ2) is 14.8. The van der Waals surface area contributed by atoms with Gasteiger partial charge in [-0.1, -0.05) is 20.3 Å². The minimum atomic E-state index is -1.70. The lowest BCUT2D eigenvalue weighted by Gasteiger charge is -2.26. The van der Waals surface area contributed by atoms with E-state index in [-0.39, 0.29) is 25.2 Å². The largest absolute Gasteiger partial charge is 0.481 e. The number of aliphatic hydroxyl groups excluding tert-OH is 1. The van der Waals surface area contributed by atoms with Crippen LogP contribution in [0.1, 0.15) is 52.9 Å². The molecule has 0 aliphatic heterocycles. The first-order chi connectivity index (χ1) is 15.7. The van der Waals surface area contributed by atoms with Crippen molar-refractivity contribution in [1.82, 2.24) is 16.0 Å². The number of hydrogen-bond donors (Lipinski definition) is 8. The molecule has 10 N–H and O–H groups in total. The molecule has 34 heavy (non-hydrogen) atoms. The summed E-state index contributed by atoms with van der Waals surface area (Å²) in [5.41, 5.74) is 11.0.